The Bertz CT molecular complexity index is 838. The summed E-state index contributed by atoms with van der Waals surface area (Å²) >= 11 is 0. The van der Waals surface area contributed by atoms with Crippen molar-refractivity contribution in [3.8, 4) is 17.0 Å². The molecule has 0 aliphatic heterocycles. The first-order chi connectivity index (χ1) is 11.6. The summed E-state index contributed by atoms with van der Waals surface area (Å²) in [4.78, 5) is 19.3. The minimum absolute atomic E-state index is 0.0227. The molecule has 0 unspecified atom stereocenters. The van der Waals surface area contributed by atoms with Crippen molar-refractivity contribution in [2.24, 2.45) is 0 Å². The lowest BCUT2D eigenvalue weighted by Crippen LogP contribution is -2.20. The molecule has 0 spiro atoms. The molecule has 2 N–H and O–H groups in total. The number of carbonyl (C=O) groups excluding carboxylic acids is 1. The topological polar surface area (TPSA) is 67.0 Å². The molecule has 3 aromatic rings. The summed E-state index contributed by atoms with van der Waals surface area (Å²) in [7, 11) is 0. The first-order valence-electron chi connectivity index (χ1n) is 7.72. The minimum Gasteiger partial charge on any atom is -0.483 e. The van der Waals surface area contributed by atoms with E-state index in [0.717, 1.165) is 34.0 Å². The molecule has 0 radical (unpaired) electrons. The van der Waals surface area contributed by atoms with Crippen molar-refractivity contribution in [3.05, 3.63) is 66.1 Å². The molecule has 2 aromatic carbocycles. The quantitative estimate of drug-likeness (QED) is 0.753. The molecule has 5 heteroatoms. The van der Waals surface area contributed by atoms with Gasteiger partial charge in [0.2, 0.25) is 0 Å². The maximum atomic E-state index is 12.0. The number of carbonyl (C=O) groups is 1. The number of ether oxygens (including phenoxy) is 1. The first-order valence-corrected chi connectivity index (χ1v) is 7.72. The average Bonchev–Trinajstić information content (AvgIpc) is 3.01. The Morgan fingerprint density at radius 1 is 1.12 bits per heavy atom. The van der Waals surface area contributed by atoms with E-state index in [1.165, 1.54) is 0 Å². The van der Waals surface area contributed by atoms with Gasteiger partial charge in [0.05, 0.1) is 12.0 Å². The van der Waals surface area contributed by atoms with Gasteiger partial charge < -0.3 is 15.0 Å². The second-order valence-electron chi connectivity index (χ2n) is 5.56. The molecular weight excluding hydrogens is 302 g/mol. The molecule has 0 atom stereocenters. The number of H-pyrrole nitrogens is 1. The van der Waals surface area contributed by atoms with Crippen molar-refractivity contribution in [3.63, 3.8) is 0 Å². The lowest BCUT2D eigenvalue weighted by molar-refractivity contribution is -0.118. The van der Waals surface area contributed by atoms with Gasteiger partial charge in [0, 0.05) is 16.9 Å². The average molecular weight is 321 g/mol. The fourth-order valence-corrected chi connectivity index (χ4v) is 2.42. The number of nitrogens with one attached hydrogen (secondary N) is 2. The lowest BCUT2D eigenvalue weighted by atomic mass is 10.1. The fourth-order valence-electron chi connectivity index (χ4n) is 2.42. The van der Waals surface area contributed by atoms with E-state index in [-0.39, 0.29) is 12.5 Å². The van der Waals surface area contributed by atoms with Crippen LogP contribution in [0.25, 0.3) is 11.3 Å². The monoisotopic (exact) mass is 321 g/mol. The van der Waals surface area contributed by atoms with Crippen molar-refractivity contribution in [1.82, 2.24) is 9.97 Å². The van der Waals surface area contributed by atoms with Gasteiger partial charge in [-0.3, -0.25) is 4.79 Å². The SMILES string of the molecule is Cc1ccccc1OCC(=O)Nc1ccc(-c2nc[nH]c2C)cc1. The van der Waals surface area contributed by atoms with E-state index in [4.69, 9.17) is 4.74 Å². The summed E-state index contributed by atoms with van der Waals surface area (Å²) in [5.74, 6) is 0.527. The van der Waals surface area contributed by atoms with E-state index in [2.05, 4.69) is 15.3 Å². The number of aromatic nitrogens is 2. The van der Waals surface area contributed by atoms with Crippen LogP contribution in [0.1, 0.15) is 11.3 Å². The number of aryl methyl sites for hydroxylation is 2. The van der Waals surface area contributed by atoms with Crippen molar-refractivity contribution in [1.29, 1.82) is 0 Å². The summed E-state index contributed by atoms with van der Waals surface area (Å²) in [5.41, 5.74) is 4.66. The molecule has 0 bridgehead atoms. The molecule has 0 saturated heterocycles. The van der Waals surface area contributed by atoms with Gasteiger partial charge in [0.25, 0.3) is 5.91 Å². The van der Waals surface area contributed by atoms with Crippen LogP contribution in [-0.4, -0.2) is 22.5 Å². The molecule has 0 aliphatic rings. The van der Waals surface area contributed by atoms with Gasteiger partial charge in [-0.05, 0) is 37.6 Å². The smallest absolute Gasteiger partial charge is 0.262 e. The molecule has 24 heavy (non-hydrogen) atoms. The highest BCUT2D eigenvalue weighted by molar-refractivity contribution is 5.92. The Morgan fingerprint density at radius 2 is 1.88 bits per heavy atom. The van der Waals surface area contributed by atoms with Crippen LogP contribution in [0.5, 0.6) is 5.75 Å². The minimum atomic E-state index is -0.193. The summed E-state index contributed by atoms with van der Waals surface area (Å²) in [6, 6.07) is 15.2. The third-order valence-corrected chi connectivity index (χ3v) is 3.72. The number of benzene rings is 2. The van der Waals surface area contributed by atoms with E-state index in [1.807, 2.05) is 62.4 Å². The van der Waals surface area contributed by atoms with Gasteiger partial charge in [0.1, 0.15) is 5.75 Å². The third-order valence-electron chi connectivity index (χ3n) is 3.72. The van der Waals surface area contributed by atoms with Gasteiger partial charge >= 0.3 is 0 Å². The highest BCUT2D eigenvalue weighted by Crippen LogP contribution is 2.22. The molecule has 0 fully saturated rings. The second kappa shape index (κ2) is 7.00. The van der Waals surface area contributed by atoms with Crippen LogP contribution >= 0.6 is 0 Å². The summed E-state index contributed by atoms with van der Waals surface area (Å²) in [6.07, 6.45) is 1.67. The Balaban J connectivity index is 1.59. The predicted molar refractivity (Wildman–Crippen MR) is 94.1 cm³/mol. The summed E-state index contributed by atoms with van der Waals surface area (Å²) in [6.45, 7) is 3.90. The van der Waals surface area contributed by atoms with Crippen molar-refractivity contribution in [2.45, 2.75) is 13.8 Å². The summed E-state index contributed by atoms with van der Waals surface area (Å²) < 4.78 is 5.54. The van der Waals surface area contributed by atoms with Crippen molar-refractivity contribution >= 4 is 11.6 Å². The van der Waals surface area contributed by atoms with Crippen LogP contribution in [0.4, 0.5) is 5.69 Å². The van der Waals surface area contributed by atoms with Crippen LogP contribution in [0.3, 0.4) is 0 Å². The van der Waals surface area contributed by atoms with Gasteiger partial charge in [-0.1, -0.05) is 30.3 Å². The molecule has 1 heterocycles. The van der Waals surface area contributed by atoms with Gasteiger partial charge in [0.15, 0.2) is 6.61 Å². The predicted octanol–water partition coefficient (Wildman–Crippen LogP) is 3.71. The number of imidazole rings is 1. The third kappa shape index (κ3) is 3.63. The standard InChI is InChI=1S/C19H19N3O2/c1-13-5-3-4-6-17(13)24-11-18(23)22-16-9-7-15(8-10-16)19-14(2)20-12-21-19/h3-10,12H,11H2,1-2H3,(H,20,21)(H,22,23). The van der Waals surface area contributed by atoms with Crippen LogP contribution in [0, 0.1) is 13.8 Å². The van der Waals surface area contributed by atoms with Crippen LogP contribution in [0.15, 0.2) is 54.9 Å². The molecule has 1 aromatic heterocycles. The Morgan fingerprint density at radius 3 is 2.54 bits per heavy atom. The number of aromatic amines is 1. The zero-order valence-corrected chi connectivity index (χ0v) is 13.7. The number of hydrogen-bond acceptors (Lipinski definition) is 3. The number of nitrogens with zero attached hydrogens (tertiary/aromatic N) is 1. The van der Waals surface area contributed by atoms with Crippen LogP contribution < -0.4 is 10.1 Å². The molecule has 122 valence electrons. The van der Waals surface area contributed by atoms with Crippen LogP contribution in [-0.2, 0) is 4.79 Å². The lowest BCUT2D eigenvalue weighted by Gasteiger charge is -2.09. The number of para-hydroxylation sites is 1. The first kappa shape index (κ1) is 15.8. The molecular formula is C19H19N3O2. The highest BCUT2D eigenvalue weighted by Gasteiger charge is 2.07. The van der Waals surface area contributed by atoms with E-state index >= 15 is 0 Å². The van der Waals surface area contributed by atoms with E-state index < -0.39 is 0 Å². The van der Waals surface area contributed by atoms with Gasteiger partial charge in [-0.2, -0.15) is 0 Å². The Kier molecular flexibility index (Phi) is 4.61. The Labute approximate surface area is 140 Å². The van der Waals surface area contributed by atoms with Crippen molar-refractivity contribution in [2.75, 3.05) is 11.9 Å². The van der Waals surface area contributed by atoms with Gasteiger partial charge in [-0.25, -0.2) is 4.98 Å². The van der Waals surface area contributed by atoms with E-state index in [1.54, 1.807) is 6.33 Å². The largest absolute Gasteiger partial charge is 0.483 e. The maximum absolute atomic E-state index is 12.0. The van der Waals surface area contributed by atoms with E-state index in [9.17, 15) is 4.79 Å². The molecule has 0 saturated carbocycles. The fraction of sp³-hybridized carbons (Fsp3) is 0.158. The number of rotatable bonds is 5. The maximum Gasteiger partial charge on any atom is 0.262 e. The molecule has 1 amide bonds. The number of hydrogen-bond donors (Lipinski definition) is 2. The number of amides is 1. The van der Waals surface area contributed by atoms with Crippen LogP contribution in [0.2, 0.25) is 0 Å². The van der Waals surface area contributed by atoms with Gasteiger partial charge in [-0.15, -0.1) is 0 Å². The Hall–Kier alpha value is -3.08. The second-order valence-corrected chi connectivity index (χ2v) is 5.56. The van der Waals surface area contributed by atoms with E-state index in [0.29, 0.717) is 0 Å². The molecule has 3 rings (SSSR count). The number of anilines is 1. The zero-order chi connectivity index (χ0) is 16.9. The molecule has 0 aliphatic carbocycles. The summed E-state index contributed by atoms with van der Waals surface area (Å²) in [5, 5.41) is 2.83. The zero-order valence-electron chi connectivity index (χ0n) is 13.7. The highest BCUT2D eigenvalue weighted by atomic mass is 16.5. The normalized spacial score (nSPS) is 10.4. The van der Waals surface area contributed by atoms with Crippen molar-refractivity contribution < 1.29 is 9.53 Å². The molecule has 5 nitrogen and oxygen atoms in total.